The van der Waals surface area contributed by atoms with E-state index in [1.54, 1.807) is 0 Å². The predicted octanol–water partition coefficient (Wildman–Crippen LogP) is 4.89. The molecule has 4 nitrogen and oxygen atoms in total. The number of hydrogen-bond donors (Lipinski definition) is 1. The van der Waals surface area contributed by atoms with Crippen LogP contribution in [-0.2, 0) is 14.4 Å². The topological polar surface area (TPSA) is 71.4 Å². The van der Waals surface area contributed by atoms with Gasteiger partial charge in [-0.3, -0.25) is 14.4 Å². The molecule has 0 heterocycles. The fourth-order valence-electron chi connectivity index (χ4n) is 8.25. The van der Waals surface area contributed by atoms with Crippen molar-refractivity contribution in [3.05, 3.63) is 0 Å². The Balaban J connectivity index is 1.57. The third-order valence-corrected chi connectivity index (χ3v) is 9.86. The van der Waals surface area contributed by atoms with Gasteiger partial charge in [-0.2, -0.15) is 0 Å². The zero-order valence-electron chi connectivity index (χ0n) is 17.7. The largest absolute Gasteiger partial charge is 0.481 e. The van der Waals surface area contributed by atoms with Crippen LogP contribution in [-0.4, -0.2) is 22.6 Å². The second-order valence-electron chi connectivity index (χ2n) is 11.0. The molecule has 0 saturated heterocycles. The van der Waals surface area contributed by atoms with Gasteiger partial charge in [0.2, 0.25) is 0 Å². The Morgan fingerprint density at radius 2 is 1.79 bits per heavy atom. The summed E-state index contributed by atoms with van der Waals surface area (Å²) >= 11 is 0. The molecule has 0 aromatic rings. The highest BCUT2D eigenvalue weighted by Gasteiger charge is 2.63. The molecule has 28 heavy (non-hydrogen) atoms. The quantitative estimate of drug-likeness (QED) is 0.744. The molecule has 4 saturated carbocycles. The molecule has 156 valence electrons. The van der Waals surface area contributed by atoms with Crippen molar-refractivity contribution in [1.29, 1.82) is 0 Å². The average molecular weight is 389 g/mol. The van der Waals surface area contributed by atoms with Crippen LogP contribution < -0.4 is 0 Å². The van der Waals surface area contributed by atoms with Crippen molar-refractivity contribution in [2.75, 3.05) is 0 Å². The van der Waals surface area contributed by atoms with E-state index in [0.29, 0.717) is 54.5 Å². The van der Waals surface area contributed by atoms with Gasteiger partial charge in [-0.1, -0.05) is 20.8 Å². The summed E-state index contributed by atoms with van der Waals surface area (Å²) in [5, 5.41) is 9.08. The van der Waals surface area contributed by atoms with Crippen LogP contribution in [0.25, 0.3) is 0 Å². The number of ketones is 2. The average Bonchev–Trinajstić information content (AvgIpc) is 2.98. The predicted molar refractivity (Wildman–Crippen MR) is 107 cm³/mol. The van der Waals surface area contributed by atoms with Crippen molar-refractivity contribution in [2.24, 2.45) is 46.3 Å². The third kappa shape index (κ3) is 2.97. The lowest BCUT2D eigenvalue weighted by Crippen LogP contribution is -2.57. The number of Topliss-reactive ketones (excluding diaryl/α,β-unsaturated/α-hetero) is 2. The number of carboxylic acids is 1. The van der Waals surface area contributed by atoms with Crippen LogP contribution in [0.2, 0.25) is 0 Å². The number of aliphatic carboxylic acids is 1. The lowest BCUT2D eigenvalue weighted by molar-refractivity contribution is -0.159. The molecule has 0 aliphatic heterocycles. The highest BCUT2D eigenvalue weighted by molar-refractivity contribution is 5.86. The van der Waals surface area contributed by atoms with Gasteiger partial charge in [0.1, 0.15) is 11.6 Å². The molecule has 0 bridgehead atoms. The molecule has 0 amide bonds. The minimum absolute atomic E-state index is 0.154. The molecule has 2 unspecified atom stereocenters. The van der Waals surface area contributed by atoms with Crippen LogP contribution >= 0.6 is 0 Å². The van der Waals surface area contributed by atoms with Gasteiger partial charge in [-0.15, -0.1) is 0 Å². The number of carbonyl (C=O) groups is 3. The first-order valence-electron chi connectivity index (χ1n) is 11.4. The minimum atomic E-state index is -0.705. The minimum Gasteiger partial charge on any atom is -0.481 e. The first-order chi connectivity index (χ1) is 13.2. The molecule has 0 aromatic carbocycles. The maximum atomic E-state index is 13.3. The van der Waals surface area contributed by atoms with Gasteiger partial charge in [-0.25, -0.2) is 0 Å². The molecular formula is C24H36O4. The summed E-state index contributed by atoms with van der Waals surface area (Å²) in [5.74, 6) is 2.33. The van der Waals surface area contributed by atoms with Gasteiger partial charge in [0.25, 0.3) is 0 Å². The molecule has 4 rings (SSSR count). The van der Waals surface area contributed by atoms with E-state index < -0.39 is 5.97 Å². The first kappa shape index (κ1) is 20.1. The van der Waals surface area contributed by atoms with E-state index in [1.165, 1.54) is 0 Å². The molecule has 0 spiro atoms. The number of hydrogen-bond acceptors (Lipinski definition) is 3. The maximum Gasteiger partial charge on any atom is 0.303 e. The Hall–Kier alpha value is -1.19. The van der Waals surface area contributed by atoms with E-state index >= 15 is 0 Å². The molecular weight excluding hydrogens is 352 g/mol. The zero-order valence-corrected chi connectivity index (χ0v) is 17.7. The van der Waals surface area contributed by atoms with E-state index in [9.17, 15) is 14.4 Å². The lowest BCUT2D eigenvalue weighted by atomic mass is 9.44. The molecule has 4 aliphatic rings. The van der Waals surface area contributed by atoms with E-state index in [1.807, 2.05) is 0 Å². The van der Waals surface area contributed by atoms with Crippen LogP contribution in [0.4, 0.5) is 0 Å². The summed E-state index contributed by atoms with van der Waals surface area (Å²) in [6.45, 7) is 6.99. The van der Waals surface area contributed by atoms with Crippen molar-refractivity contribution in [3.63, 3.8) is 0 Å². The summed E-state index contributed by atoms with van der Waals surface area (Å²) in [7, 11) is 0. The highest BCUT2D eigenvalue weighted by Crippen LogP contribution is 2.67. The van der Waals surface area contributed by atoms with Crippen LogP contribution in [0.3, 0.4) is 0 Å². The van der Waals surface area contributed by atoms with E-state index in [0.717, 1.165) is 38.5 Å². The molecule has 4 aliphatic carbocycles. The Bertz CT molecular complexity index is 684. The summed E-state index contributed by atoms with van der Waals surface area (Å²) in [5.41, 5.74) is 0.323. The van der Waals surface area contributed by atoms with Crippen LogP contribution in [0.1, 0.15) is 85.0 Å². The molecule has 4 heteroatoms. The Morgan fingerprint density at radius 3 is 2.50 bits per heavy atom. The third-order valence-electron chi connectivity index (χ3n) is 9.86. The van der Waals surface area contributed by atoms with Crippen molar-refractivity contribution < 1.29 is 19.5 Å². The SMILES string of the molecule is C[C@H](CCC(=O)O)[C@H]1CCC2[C@@H]3C(=O)C[C@@H]4CC(=O)CC[C@]4(C)C3CC[C@@]21C. The number of rotatable bonds is 4. The van der Waals surface area contributed by atoms with Gasteiger partial charge < -0.3 is 5.11 Å². The number of carbonyl (C=O) groups excluding carboxylic acids is 2. The van der Waals surface area contributed by atoms with Gasteiger partial charge in [0.15, 0.2) is 0 Å². The summed E-state index contributed by atoms with van der Waals surface area (Å²) in [6, 6.07) is 0. The van der Waals surface area contributed by atoms with Crippen LogP contribution in [0.5, 0.6) is 0 Å². The summed E-state index contributed by atoms with van der Waals surface area (Å²) in [4.78, 5) is 36.4. The number of fused-ring (bicyclic) bond motifs is 5. The van der Waals surface area contributed by atoms with Crippen molar-refractivity contribution >= 4 is 17.5 Å². The monoisotopic (exact) mass is 388 g/mol. The van der Waals surface area contributed by atoms with E-state index in [2.05, 4.69) is 20.8 Å². The van der Waals surface area contributed by atoms with E-state index in [4.69, 9.17) is 5.11 Å². The first-order valence-corrected chi connectivity index (χ1v) is 11.4. The molecule has 0 radical (unpaired) electrons. The smallest absolute Gasteiger partial charge is 0.303 e. The molecule has 4 fully saturated rings. The van der Waals surface area contributed by atoms with Gasteiger partial charge in [0, 0.05) is 31.6 Å². The Morgan fingerprint density at radius 1 is 1.07 bits per heavy atom. The van der Waals surface area contributed by atoms with Crippen LogP contribution in [0, 0.1) is 46.3 Å². The van der Waals surface area contributed by atoms with Crippen molar-refractivity contribution in [1.82, 2.24) is 0 Å². The standard InChI is InChI=1S/C24H36O4/c1-14(4-7-21(27)28)17-5-6-18-22-19(9-11-24(17,18)3)23(2)10-8-16(25)12-15(23)13-20(22)26/h14-15,17-19,22H,4-13H2,1-3H3,(H,27,28)/t14-,15+,17-,18?,19?,22+,23+,24-/m1/s1. The van der Waals surface area contributed by atoms with Gasteiger partial charge in [0.05, 0.1) is 0 Å². The fraction of sp³-hybridized carbons (Fsp3) is 0.875. The second kappa shape index (κ2) is 6.95. The zero-order chi connectivity index (χ0) is 20.3. The number of carboxylic acid groups (broad SMARTS) is 1. The Kier molecular flexibility index (Phi) is 4.99. The summed E-state index contributed by atoms with van der Waals surface area (Å²) < 4.78 is 0. The fourth-order valence-corrected chi connectivity index (χ4v) is 8.25. The van der Waals surface area contributed by atoms with Gasteiger partial charge in [-0.05, 0) is 78.9 Å². The maximum absolute atomic E-state index is 13.3. The van der Waals surface area contributed by atoms with Gasteiger partial charge >= 0.3 is 5.97 Å². The molecule has 8 atom stereocenters. The molecule has 0 aromatic heterocycles. The highest BCUT2D eigenvalue weighted by atomic mass is 16.4. The van der Waals surface area contributed by atoms with Crippen molar-refractivity contribution in [3.8, 4) is 0 Å². The van der Waals surface area contributed by atoms with E-state index in [-0.39, 0.29) is 29.1 Å². The van der Waals surface area contributed by atoms with Crippen molar-refractivity contribution in [2.45, 2.75) is 85.0 Å². The summed E-state index contributed by atoms with van der Waals surface area (Å²) in [6.07, 6.45) is 8.38. The van der Waals surface area contributed by atoms with Crippen LogP contribution in [0.15, 0.2) is 0 Å². The lowest BCUT2D eigenvalue weighted by Gasteiger charge is -2.59. The molecule has 1 N–H and O–H groups in total. The Labute approximate surface area is 168 Å². The normalized spacial score (nSPS) is 46.5. The second-order valence-corrected chi connectivity index (χ2v) is 11.0.